The number of aryl methyl sites for hydroxylation is 2. The van der Waals surface area contributed by atoms with Crippen molar-refractivity contribution in [3.05, 3.63) is 64.2 Å². The summed E-state index contributed by atoms with van der Waals surface area (Å²) in [5.41, 5.74) is 3.20. The number of hydrogen-bond donors (Lipinski definition) is 1. The lowest BCUT2D eigenvalue weighted by molar-refractivity contribution is 0.566. The summed E-state index contributed by atoms with van der Waals surface area (Å²) in [7, 11) is -3.56. The van der Waals surface area contributed by atoms with Gasteiger partial charge in [-0.15, -0.1) is 0 Å². The molecule has 0 amide bonds. The molecule has 5 heteroatoms. The Balaban J connectivity index is 2.25. The molecule has 0 aliphatic rings. The second kappa shape index (κ2) is 6.18. The van der Waals surface area contributed by atoms with E-state index in [1.54, 1.807) is 12.1 Å². The molecular weight excluding hydrogens is 306 g/mol. The maximum absolute atomic E-state index is 12.4. The van der Waals surface area contributed by atoms with Crippen molar-refractivity contribution in [2.24, 2.45) is 0 Å². The first-order valence-electron chi connectivity index (χ1n) is 6.64. The second-order valence-corrected chi connectivity index (χ2v) is 7.31. The molecule has 0 bridgehead atoms. The first kappa shape index (κ1) is 16.0. The van der Waals surface area contributed by atoms with Crippen LogP contribution >= 0.6 is 11.6 Å². The van der Waals surface area contributed by atoms with Gasteiger partial charge in [0.05, 0.1) is 4.90 Å². The van der Waals surface area contributed by atoms with E-state index < -0.39 is 10.0 Å². The molecule has 3 nitrogen and oxygen atoms in total. The van der Waals surface area contributed by atoms with Crippen LogP contribution in [0.25, 0.3) is 0 Å². The van der Waals surface area contributed by atoms with Gasteiger partial charge in [-0.1, -0.05) is 35.4 Å². The van der Waals surface area contributed by atoms with Crippen LogP contribution in [0.3, 0.4) is 0 Å². The van der Waals surface area contributed by atoms with E-state index in [0.29, 0.717) is 5.02 Å². The van der Waals surface area contributed by atoms with E-state index in [2.05, 4.69) is 4.72 Å². The van der Waals surface area contributed by atoms with Gasteiger partial charge >= 0.3 is 0 Å². The fourth-order valence-corrected chi connectivity index (χ4v) is 3.64. The molecule has 21 heavy (non-hydrogen) atoms. The van der Waals surface area contributed by atoms with E-state index in [9.17, 15) is 8.42 Å². The average molecular weight is 324 g/mol. The number of nitrogens with one attached hydrogen (secondary N) is 1. The minimum atomic E-state index is -3.56. The zero-order valence-electron chi connectivity index (χ0n) is 12.2. The van der Waals surface area contributed by atoms with Gasteiger partial charge in [0.25, 0.3) is 0 Å². The van der Waals surface area contributed by atoms with Crippen LogP contribution in [0.2, 0.25) is 5.02 Å². The first-order chi connectivity index (χ1) is 9.79. The monoisotopic (exact) mass is 323 g/mol. The van der Waals surface area contributed by atoms with Crippen LogP contribution in [-0.2, 0) is 10.0 Å². The molecule has 0 fully saturated rings. The van der Waals surface area contributed by atoms with Gasteiger partial charge in [-0.3, -0.25) is 0 Å². The Labute approximate surface area is 131 Å². The van der Waals surface area contributed by atoms with Crippen LogP contribution in [-0.4, -0.2) is 8.42 Å². The lowest BCUT2D eigenvalue weighted by Crippen LogP contribution is -2.27. The normalized spacial score (nSPS) is 13.1. The molecule has 0 saturated carbocycles. The maximum Gasteiger partial charge on any atom is 0.241 e. The van der Waals surface area contributed by atoms with Crippen LogP contribution in [0.5, 0.6) is 0 Å². The van der Waals surface area contributed by atoms with Crippen molar-refractivity contribution in [3.63, 3.8) is 0 Å². The van der Waals surface area contributed by atoms with Crippen molar-refractivity contribution in [2.45, 2.75) is 31.7 Å². The Hall–Kier alpha value is -1.36. The number of sulfonamides is 1. The highest BCUT2D eigenvalue weighted by Crippen LogP contribution is 2.21. The predicted octanol–water partition coefficient (Wildman–Crippen LogP) is 4.00. The van der Waals surface area contributed by atoms with E-state index in [-0.39, 0.29) is 10.9 Å². The highest BCUT2D eigenvalue weighted by molar-refractivity contribution is 7.89. The molecule has 0 aliphatic heterocycles. The van der Waals surface area contributed by atoms with E-state index in [1.807, 2.05) is 39.0 Å². The van der Waals surface area contributed by atoms with E-state index in [4.69, 9.17) is 11.6 Å². The third-order valence-corrected chi connectivity index (χ3v) is 5.16. The van der Waals surface area contributed by atoms with Gasteiger partial charge in [0.2, 0.25) is 10.0 Å². The lowest BCUT2D eigenvalue weighted by Gasteiger charge is -2.17. The third kappa shape index (κ3) is 3.84. The van der Waals surface area contributed by atoms with Gasteiger partial charge < -0.3 is 0 Å². The largest absolute Gasteiger partial charge is 0.241 e. The van der Waals surface area contributed by atoms with Crippen molar-refractivity contribution < 1.29 is 8.42 Å². The quantitative estimate of drug-likeness (QED) is 0.924. The van der Waals surface area contributed by atoms with Gasteiger partial charge in [0.15, 0.2) is 0 Å². The van der Waals surface area contributed by atoms with Crippen LogP contribution in [0.1, 0.15) is 29.7 Å². The smallest absolute Gasteiger partial charge is 0.207 e. The summed E-state index contributed by atoms with van der Waals surface area (Å²) in [4.78, 5) is 0.212. The Morgan fingerprint density at radius 2 is 1.67 bits per heavy atom. The number of hydrogen-bond acceptors (Lipinski definition) is 2. The zero-order chi connectivity index (χ0) is 15.6. The zero-order valence-corrected chi connectivity index (χ0v) is 13.8. The van der Waals surface area contributed by atoms with E-state index in [0.717, 1.165) is 16.7 Å². The van der Waals surface area contributed by atoms with Crippen LogP contribution in [0, 0.1) is 13.8 Å². The minimum Gasteiger partial charge on any atom is -0.207 e. The van der Waals surface area contributed by atoms with Gasteiger partial charge in [-0.2, -0.15) is 0 Å². The topological polar surface area (TPSA) is 46.2 Å². The summed E-state index contributed by atoms with van der Waals surface area (Å²) >= 11 is 5.78. The molecule has 2 aromatic carbocycles. The Morgan fingerprint density at radius 1 is 1.05 bits per heavy atom. The molecule has 1 N–H and O–H groups in total. The molecule has 0 spiro atoms. The first-order valence-corrected chi connectivity index (χ1v) is 8.51. The van der Waals surface area contributed by atoms with Crippen molar-refractivity contribution in [1.82, 2.24) is 4.72 Å². The Bertz CT molecular complexity index is 739. The van der Waals surface area contributed by atoms with Gasteiger partial charge in [0, 0.05) is 11.1 Å². The molecule has 0 aromatic heterocycles. The molecule has 0 aliphatic carbocycles. The molecule has 2 aromatic rings. The van der Waals surface area contributed by atoms with E-state index >= 15 is 0 Å². The molecule has 0 saturated heterocycles. The van der Waals surface area contributed by atoms with Crippen LogP contribution in [0.4, 0.5) is 0 Å². The predicted molar refractivity (Wildman–Crippen MR) is 86.1 cm³/mol. The average Bonchev–Trinajstić information content (AvgIpc) is 2.38. The standard InChI is InChI=1S/C16H18ClNO2S/c1-11-4-9-16(12(2)10-11)13(3)18-21(19,20)15-7-5-14(17)6-8-15/h4-10,13,18H,1-3H3/t13-/m1/s1. The van der Waals surface area contributed by atoms with Crippen molar-refractivity contribution in [3.8, 4) is 0 Å². The second-order valence-electron chi connectivity index (χ2n) is 5.16. The molecule has 0 radical (unpaired) electrons. The number of benzene rings is 2. The minimum absolute atomic E-state index is 0.212. The molecule has 112 valence electrons. The summed E-state index contributed by atoms with van der Waals surface area (Å²) in [5.74, 6) is 0. The number of rotatable bonds is 4. The molecule has 0 unspecified atom stereocenters. The van der Waals surface area contributed by atoms with Gasteiger partial charge in [-0.25, -0.2) is 13.1 Å². The highest BCUT2D eigenvalue weighted by Gasteiger charge is 2.19. The molecule has 0 heterocycles. The van der Waals surface area contributed by atoms with Crippen molar-refractivity contribution >= 4 is 21.6 Å². The Morgan fingerprint density at radius 3 is 2.24 bits per heavy atom. The fraction of sp³-hybridized carbons (Fsp3) is 0.250. The highest BCUT2D eigenvalue weighted by atomic mass is 35.5. The summed E-state index contributed by atoms with van der Waals surface area (Å²) in [6.07, 6.45) is 0. The molecular formula is C16H18ClNO2S. The third-order valence-electron chi connectivity index (χ3n) is 3.35. The maximum atomic E-state index is 12.4. The molecule has 2 rings (SSSR count). The summed E-state index contributed by atoms with van der Waals surface area (Å²) < 4.78 is 27.4. The summed E-state index contributed by atoms with van der Waals surface area (Å²) in [6.45, 7) is 5.83. The van der Waals surface area contributed by atoms with Crippen LogP contribution in [0.15, 0.2) is 47.4 Å². The number of halogens is 1. The lowest BCUT2D eigenvalue weighted by atomic mass is 10.0. The van der Waals surface area contributed by atoms with Gasteiger partial charge in [-0.05, 0) is 56.2 Å². The SMILES string of the molecule is Cc1ccc([C@@H](C)NS(=O)(=O)c2ccc(Cl)cc2)c(C)c1. The summed E-state index contributed by atoms with van der Waals surface area (Å²) in [6, 6.07) is 11.8. The van der Waals surface area contributed by atoms with E-state index in [1.165, 1.54) is 12.1 Å². The van der Waals surface area contributed by atoms with Crippen molar-refractivity contribution in [1.29, 1.82) is 0 Å². The Kier molecular flexibility index (Phi) is 4.71. The van der Waals surface area contributed by atoms with Crippen molar-refractivity contribution in [2.75, 3.05) is 0 Å². The van der Waals surface area contributed by atoms with Crippen LogP contribution < -0.4 is 4.72 Å². The fourth-order valence-electron chi connectivity index (χ4n) is 2.29. The van der Waals surface area contributed by atoms with Gasteiger partial charge in [0.1, 0.15) is 0 Å². The summed E-state index contributed by atoms with van der Waals surface area (Å²) in [5, 5.41) is 0.511. The molecule has 1 atom stereocenters.